The zero-order valence-corrected chi connectivity index (χ0v) is 16.2. The van der Waals surface area contributed by atoms with Gasteiger partial charge in [-0.25, -0.2) is 13.6 Å². The summed E-state index contributed by atoms with van der Waals surface area (Å²) in [5.74, 6) is -2.52. The topological polar surface area (TPSA) is 49.9 Å². The van der Waals surface area contributed by atoms with E-state index in [4.69, 9.17) is 4.74 Å². The summed E-state index contributed by atoms with van der Waals surface area (Å²) < 4.78 is 32.1. The third kappa shape index (κ3) is 4.68. The monoisotopic (exact) mass is 418 g/mol. The summed E-state index contributed by atoms with van der Waals surface area (Å²) in [6, 6.07) is 1.89. The third-order valence-corrected chi connectivity index (χ3v) is 4.35. The van der Waals surface area contributed by atoms with E-state index in [0.29, 0.717) is 13.1 Å². The van der Waals surface area contributed by atoms with Crippen molar-refractivity contribution >= 4 is 27.9 Å². The van der Waals surface area contributed by atoms with E-state index in [0.717, 1.165) is 6.07 Å². The van der Waals surface area contributed by atoms with Gasteiger partial charge in [0.2, 0.25) is 0 Å². The number of benzene rings is 1. The molecule has 8 heteroatoms. The average Bonchev–Trinajstić information content (AvgIpc) is 2.49. The van der Waals surface area contributed by atoms with Gasteiger partial charge in [0.15, 0.2) is 11.6 Å². The lowest BCUT2D eigenvalue weighted by Gasteiger charge is -2.40. The van der Waals surface area contributed by atoms with Crippen molar-refractivity contribution in [2.75, 3.05) is 19.6 Å². The van der Waals surface area contributed by atoms with Gasteiger partial charge in [-0.15, -0.1) is 0 Å². The highest BCUT2D eigenvalue weighted by Crippen LogP contribution is 2.23. The Bertz CT molecular complexity index is 668. The van der Waals surface area contributed by atoms with Crippen LogP contribution >= 0.6 is 15.9 Å². The fourth-order valence-corrected chi connectivity index (χ4v) is 3.03. The highest BCUT2D eigenvalue weighted by Gasteiger charge is 2.33. The maximum Gasteiger partial charge on any atom is 0.410 e. The zero-order valence-electron chi connectivity index (χ0n) is 14.6. The Hall–Kier alpha value is -1.70. The summed E-state index contributed by atoms with van der Waals surface area (Å²) >= 11 is 2.90. The molecule has 1 atom stereocenters. The van der Waals surface area contributed by atoms with Crippen LogP contribution in [0.2, 0.25) is 0 Å². The lowest BCUT2D eigenvalue weighted by Crippen LogP contribution is -2.56. The minimum atomic E-state index is -1.09. The van der Waals surface area contributed by atoms with Gasteiger partial charge in [0, 0.05) is 31.2 Å². The van der Waals surface area contributed by atoms with Crippen molar-refractivity contribution in [2.45, 2.75) is 39.3 Å². The van der Waals surface area contributed by atoms with Gasteiger partial charge in [-0.1, -0.05) is 0 Å². The molecule has 5 nitrogen and oxygen atoms in total. The number of amides is 2. The van der Waals surface area contributed by atoms with Gasteiger partial charge < -0.3 is 14.5 Å². The lowest BCUT2D eigenvalue weighted by atomic mass is 10.1. The molecule has 25 heavy (non-hydrogen) atoms. The number of rotatable bonds is 1. The lowest BCUT2D eigenvalue weighted by molar-refractivity contribution is 0.00198. The Kier molecular flexibility index (Phi) is 5.71. The Labute approximate surface area is 154 Å². The van der Waals surface area contributed by atoms with Crippen molar-refractivity contribution in [1.82, 2.24) is 9.80 Å². The van der Waals surface area contributed by atoms with Gasteiger partial charge in [-0.2, -0.15) is 0 Å². The molecule has 1 aliphatic heterocycles. The molecule has 138 valence electrons. The van der Waals surface area contributed by atoms with Crippen molar-refractivity contribution < 1.29 is 23.1 Å². The second-order valence-electron chi connectivity index (χ2n) is 7.03. The van der Waals surface area contributed by atoms with Crippen LogP contribution in [0.25, 0.3) is 0 Å². The molecule has 0 N–H and O–H groups in total. The number of halogens is 3. The van der Waals surface area contributed by atoms with Crippen molar-refractivity contribution in [3.8, 4) is 0 Å². The first kappa shape index (κ1) is 19.6. The number of hydrogen-bond donors (Lipinski definition) is 0. The quantitative estimate of drug-likeness (QED) is 0.651. The molecule has 2 amide bonds. The summed E-state index contributed by atoms with van der Waals surface area (Å²) in [4.78, 5) is 27.8. The van der Waals surface area contributed by atoms with E-state index in [2.05, 4.69) is 15.9 Å². The second-order valence-corrected chi connectivity index (χ2v) is 7.88. The van der Waals surface area contributed by atoms with Crippen molar-refractivity contribution in [3.05, 3.63) is 33.8 Å². The molecule has 0 spiro atoms. The Morgan fingerprint density at radius 1 is 1.24 bits per heavy atom. The summed E-state index contributed by atoms with van der Waals surface area (Å²) in [6.45, 7) is 8.06. The second kappa shape index (κ2) is 7.27. The number of hydrogen-bond acceptors (Lipinski definition) is 3. The maximum atomic E-state index is 13.5. The molecule has 0 bridgehead atoms. The standard InChI is InChI=1S/C17H21BrF2N2O3/c1-10-9-21(5-6-22(10)16(24)25-17(2,3)4)15(23)11-7-12(18)14(20)13(19)8-11/h7-8,10H,5-6,9H2,1-4H3/t10-/m1/s1. The highest BCUT2D eigenvalue weighted by molar-refractivity contribution is 9.10. The first-order valence-corrected chi connectivity index (χ1v) is 8.72. The van der Waals surface area contributed by atoms with Crippen LogP contribution in [0.1, 0.15) is 38.1 Å². The number of carbonyl (C=O) groups is 2. The summed E-state index contributed by atoms with van der Waals surface area (Å²) in [7, 11) is 0. The first-order chi connectivity index (χ1) is 11.5. The van der Waals surface area contributed by atoms with Crippen molar-refractivity contribution in [2.24, 2.45) is 0 Å². The van der Waals surface area contributed by atoms with Crippen molar-refractivity contribution in [3.63, 3.8) is 0 Å². The summed E-state index contributed by atoms with van der Waals surface area (Å²) in [6.07, 6.45) is -0.428. The van der Waals surface area contributed by atoms with Crippen LogP contribution in [0.3, 0.4) is 0 Å². The van der Waals surface area contributed by atoms with Crippen LogP contribution in [-0.2, 0) is 4.74 Å². The van der Waals surface area contributed by atoms with Crippen LogP contribution in [0.4, 0.5) is 13.6 Å². The highest BCUT2D eigenvalue weighted by atomic mass is 79.9. The summed E-state index contributed by atoms with van der Waals surface area (Å²) in [5, 5.41) is 0. The number of carbonyl (C=O) groups excluding carboxylic acids is 2. The maximum absolute atomic E-state index is 13.5. The molecule has 2 rings (SSSR count). The predicted octanol–water partition coefficient (Wildman–Crippen LogP) is 3.81. The minimum absolute atomic E-state index is 0.0590. The Balaban J connectivity index is 2.07. The molecule has 1 aliphatic rings. The molecular weight excluding hydrogens is 398 g/mol. The molecule has 0 radical (unpaired) electrons. The molecule has 1 heterocycles. The van der Waals surface area contributed by atoms with E-state index in [1.54, 1.807) is 25.7 Å². The number of ether oxygens (including phenoxy) is 1. The van der Waals surface area contributed by atoms with Gasteiger partial charge in [-0.3, -0.25) is 4.79 Å². The van der Waals surface area contributed by atoms with Gasteiger partial charge in [0.25, 0.3) is 5.91 Å². The minimum Gasteiger partial charge on any atom is -0.444 e. The zero-order chi connectivity index (χ0) is 18.9. The molecule has 0 unspecified atom stereocenters. The molecule has 1 aromatic rings. The fraction of sp³-hybridized carbons (Fsp3) is 0.529. The van der Waals surface area contributed by atoms with Gasteiger partial charge >= 0.3 is 6.09 Å². The van der Waals surface area contributed by atoms with Crippen LogP contribution in [-0.4, -0.2) is 53.1 Å². The van der Waals surface area contributed by atoms with E-state index >= 15 is 0 Å². The van der Waals surface area contributed by atoms with Gasteiger partial charge in [0.05, 0.1) is 4.47 Å². The van der Waals surface area contributed by atoms with Crippen LogP contribution in [0.5, 0.6) is 0 Å². The smallest absolute Gasteiger partial charge is 0.410 e. The average molecular weight is 419 g/mol. The molecule has 1 aromatic carbocycles. The predicted molar refractivity (Wildman–Crippen MR) is 92.4 cm³/mol. The van der Waals surface area contributed by atoms with Crippen LogP contribution < -0.4 is 0 Å². The Morgan fingerprint density at radius 2 is 1.88 bits per heavy atom. The van der Waals surface area contributed by atoms with E-state index in [9.17, 15) is 18.4 Å². The van der Waals surface area contributed by atoms with Gasteiger partial charge in [-0.05, 0) is 55.8 Å². The van der Waals surface area contributed by atoms with Crippen molar-refractivity contribution in [1.29, 1.82) is 0 Å². The number of piperazine rings is 1. The molecule has 0 aromatic heterocycles. The number of nitrogens with zero attached hydrogens (tertiary/aromatic N) is 2. The van der Waals surface area contributed by atoms with Crippen LogP contribution in [0, 0.1) is 11.6 Å². The first-order valence-electron chi connectivity index (χ1n) is 7.93. The van der Waals surface area contributed by atoms with Crippen LogP contribution in [0.15, 0.2) is 16.6 Å². The Morgan fingerprint density at radius 3 is 2.40 bits per heavy atom. The fourth-order valence-electron chi connectivity index (χ4n) is 2.60. The van der Waals surface area contributed by atoms with E-state index in [-0.39, 0.29) is 22.6 Å². The third-order valence-electron chi connectivity index (χ3n) is 3.77. The van der Waals surface area contributed by atoms with E-state index in [1.165, 1.54) is 11.0 Å². The molecule has 0 saturated carbocycles. The molecule has 1 saturated heterocycles. The molecular formula is C17H21BrF2N2O3. The van der Waals surface area contributed by atoms with E-state index < -0.39 is 29.2 Å². The van der Waals surface area contributed by atoms with E-state index in [1.807, 2.05) is 6.92 Å². The molecule has 0 aliphatic carbocycles. The SMILES string of the molecule is C[C@@H]1CN(C(=O)c2cc(F)c(F)c(Br)c2)CCN1C(=O)OC(C)(C)C. The normalized spacial score (nSPS) is 18.3. The largest absolute Gasteiger partial charge is 0.444 e. The molecule has 1 fully saturated rings. The van der Waals surface area contributed by atoms with Gasteiger partial charge in [0.1, 0.15) is 5.60 Å². The summed E-state index contributed by atoms with van der Waals surface area (Å²) in [5.41, 5.74) is -0.537.